The zero-order chi connectivity index (χ0) is 25.1. The number of carbonyl (C=O) groups excluding carboxylic acids is 2. The second-order valence-electron chi connectivity index (χ2n) is 10.3. The molecule has 4 aliphatic heterocycles. The van der Waals surface area contributed by atoms with E-state index in [2.05, 4.69) is 4.90 Å². The van der Waals surface area contributed by atoms with Crippen LogP contribution in [-0.4, -0.2) is 38.9 Å². The highest BCUT2D eigenvalue weighted by molar-refractivity contribution is 6.31. The predicted molar refractivity (Wildman–Crippen MR) is 139 cm³/mol. The molecule has 37 heavy (non-hydrogen) atoms. The van der Waals surface area contributed by atoms with E-state index in [1.807, 2.05) is 42.5 Å². The second kappa shape index (κ2) is 7.15. The summed E-state index contributed by atoms with van der Waals surface area (Å²) in [7, 11) is 0. The van der Waals surface area contributed by atoms with E-state index >= 15 is 0 Å². The molecule has 5 heterocycles. The monoisotopic (exact) mass is 508 g/mol. The van der Waals surface area contributed by atoms with E-state index < -0.39 is 17.4 Å². The van der Waals surface area contributed by atoms with Crippen LogP contribution in [0.25, 0.3) is 16.6 Å². The minimum atomic E-state index is -1.00. The molecule has 0 radical (unpaired) electrons. The first-order chi connectivity index (χ1) is 18.0. The minimum Gasteiger partial charge on any atom is -0.283 e. The SMILES string of the molecule is O=C1[C@H]2C3CCCN3C3(c4ccccc4-n4c3nc3ccccc3c4=O)[C@H]2C(=O)N1c1ccc(Cl)cc1. The first-order valence-corrected chi connectivity index (χ1v) is 12.9. The molecule has 8 heteroatoms. The summed E-state index contributed by atoms with van der Waals surface area (Å²) in [6, 6.07) is 21.8. The molecule has 2 unspecified atom stereocenters. The van der Waals surface area contributed by atoms with Crippen molar-refractivity contribution < 1.29 is 9.59 Å². The smallest absolute Gasteiger partial charge is 0.266 e. The van der Waals surface area contributed by atoms with Crippen molar-refractivity contribution in [3.8, 4) is 5.69 Å². The molecule has 2 amide bonds. The van der Waals surface area contributed by atoms with Crippen LogP contribution in [0.5, 0.6) is 0 Å². The van der Waals surface area contributed by atoms with Crippen molar-refractivity contribution in [3.63, 3.8) is 0 Å². The molecule has 7 nitrogen and oxygen atoms in total. The van der Waals surface area contributed by atoms with Gasteiger partial charge in [0, 0.05) is 16.6 Å². The van der Waals surface area contributed by atoms with Gasteiger partial charge in [0.2, 0.25) is 11.8 Å². The number of anilines is 1. The molecule has 3 fully saturated rings. The molecular weight excluding hydrogens is 488 g/mol. The summed E-state index contributed by atoms with van der Waals surface area (Å²) in [6.45, 7) is 0.732. The summed E-state index contributed by atoms with van der Waals surface area (Å²) in [6.07, 6.45) is 1.73. The predicted octanol–water partition coefficient (Wildman–Crippen LogP) is 3.88. The highest BCUT2D eigenvalue weighted by Gasteiger charge is 2.73. The summed E-state index contributed by atoms with van der Waals surface area (Å²) in [5, 5.41) is 1.07. The normalized spacial score (nSPS) is 27.7. The van der Waals surface area contributed by atoms with Gasteiger partial charge in [0.25, 0.3) is 5.56 Å². The average molecular weight is 509 g/mol. The van der Waals surface area contributed by atoms with E-state index in [9.17, 15) is 14.4 Å². The van der Waals surface area contributed by atoms with Crippen LogP contribution < -0.4 is 10.5 Å². The fraction of sp³-hybridized carbons (Fsp3) is 0.241. The van der Waals surface area contributed by atoms with Crippen molar-refractivity contribution in [2.75, 3.05) is 11.4 Å². The van der Waals surface area contributed by atoms with Gasteiger partial charge >= 0.3 is 0 Å². The van der Waals surface area contributed by atoms with Crippen LogP contribution in [0.15, 0.2) is 77.6 Å². The van der Waals surface area contributed by atoms with Gasteiger partial charge < -0.3 is 0 Å². The first kappa shape index (κ1) is 21.3. The van der Waals surface area contributed by atoms with Gasteiger partial charge in [0.15, 0.2) is 0 Å². The second-order valence-corrected chi connectivity index (χ2v) is 10.7. The van der Waals surface area contributed by atoms with E-state index in [-0.39, 0.29) is 23.4 Å². The molecule has 4 aromatic rings. The lowest BCUT2D eigenvalue weighted by Crippen LogP contribution is -2.51. The number of benzene rings is 3. The quantitative estimate of drug-likeness (QED) is 0.365. The maximum atomic E-state index is 14.4. The Kier molecular flexibility index (Phi) is 4.11. The van der Waals surface area contributed by atoms with E-state index in [1.54, 1.807) is 34.9 Å². The molecule has 0 aliphatic carbocycles. The topological polar surface area (TPSA) is 75.5 Å². The first-order valence-electron chi connectivity index (χ1n) is 12.6. The van der Waals surface area contributed by atoms with E-state index in [1.165, 1.54) is 4.90 Å². The third-order valence-corrected chi connectivity index (χ3v) is 8.98. The lowest BCUT2D eigenvalue weighted by atomic mass is 9.75. The van der Waals surface area contributed by atoms with Gasteiger partial charge in [-0.1, -0.05) is 41.9 Å². The van der Waals surface area contributed by atoms with E-state index in [4.69, 9.17) is 16.6 Å². The van der Waals surface area contributed by atoms with Gasteiger partial charge in [-0.3, -0.25) is 23.9 Å². The van der Waals surface area contributed by atoms with Crippen LogP contribution >= 0.6 is 11.6 Å². The summed E-state index contributed by atoms with van der Waals surface area (Å²) in [5.74, 6) is -1.11. The van der Waals surface area contributed by atoms with Gasteiger partial charge in [-0.05, 0) is 61.9 Å². The molecule has 3 aromatic carbocycles. The van der Waals surface area contributed by atoms with Crippen LogP contribution in [0, 0.1) is 11.8 Å². The molecule has 0 saturated carbocycles. The van der Waals surface area contributed by atoms with Crippen molar-refractivity contribution in [1.82, 2.24) is 14.5 Å². The summed E-state index contributed by atoms with van der Waals surface area (Å²) in [5.41, 5.74) is 1.56. The molecule has 4 aliphatic rings. The number of hydrogen-bond acceptors (Lipinski definition) is 5. The zero-order valence-electron chi connectivity index (χ0n) is 19.7. The van der Waals surface area contributed by atoms with Crippen molar-refractivity contribution in [2.45, 2.75) is 24.4 Å². The minimum absolute atomic E-state index is 0.110. The number of para-hydroxylation sites is 2. The van der Waals surface area contributed by atoms with Gasteiger partial charge in [-0.15, -0.1) is 0 Å². The van der Waals surface area contributed by atoms with Crippen molar-refractivity contribution in [2.24, 2.45) is 11.8 Å². The summed E-state index contributed by atoms with van der Waals surface area (Å²) in [4.78, 5) is 51.0. The largest absolute Gasteiger partial charge is 0.283 e. The molecule has 1 aromatic heterocycles. The number of imide groups is 1. The number of halogens is 1. The van der Waals surface area contributed by atoms with E-state index in [0.29, 0.717) is 27.4 Å². The molecule has 3 saturated heterocycles. The Balaban J connectivity index is 1.45. The maximum Gasteiger partial charge on any atom is 0.266 e. The van der Waals surface area contributed by atoms with Crippen molar-refractivity contribution >= 4 is 40.0 Å². The molecule has 8 rings (SSSR count). The number of nitrogens with zero attached hydrogens (tertiary/aromatic N) is 4. The Hall–Kier alpha value is -3.81. The van der Waals surface area contributed by atoms with Gasteiger partial charge in [0.05, 0.1) is 34.1 Å². The lowest BCUT2D eigenvalue weighted by Gasteiger charge is -2.38. The number of rotatable bonds is 1. The van der Waals surface area contributed by atoms with E-state index in [0.717, 1.165) is 30.6 Å². The van der Waals surface area contributed by atoms with Crippen molar-refractivity contribution in [1.29, 1.82) is 0 Å². The highest BCUT2D eigenvalue weighted by Crippen LogP contribution is 2.62. The fourth-order valence-electron chi connectivity index (χ4n) is 7.46. The standard InChI is InChI=1S/C29H21ClN4O3/c30-16-11-13-17(14-12-16)33-26(36)23-22-10-5-15-32(22)29(24(23)27(33)37)19-7-2-4-9-21(19)34-25(35)18-6-1-3-8-20(18)31-28(29)34/h1-4,6-9,11-14,22-24H,5,10,15H2/t22?,23-,24+,29?/m0/s1. The molecular formula is C29H21ClN4O3. The van der Waals surface area contributed by atoms with Gasteiger partial charge in [0.1, 0.15) is 11.4 Å². The maximum absolute atomic E-state index is 14.4. The average Bonchev–Trinajstić information content (AvgIpc) is 3.62. The number of carbonyl (C=O) groups is 2. The highest BCUT2D eigenvalue weighted by atomic mass is 35.5. The lowest BCUT2D eigenvalue weighted by molar-refractivity contribution is -0.124. The van der Waals surface area contributed by atoms with Crippen LogP contribution in [0.1, 0.15) is 24.2 Å². The molecule has 1 spiro atoms. The van der Waals surface area contributed by atoms with Crippen LogP contribution in [0.4, 0.5) is 5.69 Å². The summed E-state index contributed by atoms with van der Waals surface area (Å²) >= 11 is 6.10. The van der Waals surface area contributed by atoms with Crippen molar-refractivity contribution in [3.05, 3.63) is 99.6 Å². The van der Waals surface area contributed by atoms with Crippen LogP contribution in [-0.2, 0) is 15.1 Å². The Morgan fingerprint density at radius 2 is 1.65 bits per heavy atom. The Morgan fingerprint density at radius 3 is 2.49 bits per heavy atom. The van der Waals surface area contributed by atoms with Crippen LogP contribution in [0.2, 0.25) is 5.02 Å². The Labute approximate surface area is 216 Å². The molecule has 0 bridgehead atoms. The fourth-order valence-corrected chi connectivity index (χ4v) is 7.58. The summed E-state index contributed by atoms with van der Waals surface area (Å²) < 4.78 is 1.68. The molecule has 182 valence electrons. The van der Waals surface area contributed by atoms with Gasteiger partial charge in [-0.25, -0.2) is 9.88 Å². The number of fused-ring (bicyclic) bond motifs is 11. The third-order valence-electron chi connectivity index (χ3n) is 8.73. The third kappa shape index (κ3) is 2.42. The zero-order valence-corrected chi connectivity index (χ0v) is 20.4. The Morgan fingerprint density at radius 1 is 0.892 bits per heavy atom. The van der Waals surface area contributed by atoms with Crippen LogP contribution in [0.3, 0.4) is 0 Å². The number of amides is 2. The molecule has 0 N–H and O–H groups in total. The number of aromatic nitrogens is 2. The Bertz CT molecular complexity index is 1730. The van der Waals surface area contributed by atoms with Gasteiger partial charge in [-0.2, -0.15) is 0 Å². The molecule has 4 atom stereocenters. The number of hydrogen-bond donors (Lipinski definition) is 0.